The van der Waals surface area contributed by atoms with Crippen LogP contribution in [0.4, 0.5) is 4.39 Å². The van der Waals surface area contributed by atoms with Crippen LogP contribution >= 0.6 is 0 Å². The van der Waals surface area contributed by atoms with Crippen molar-refractivity contribution in [3.05, 3.63) is 35.1 Å². The van der Waals surface area contributed by atoms with Crippen LogP contribution in [0.1, 0.15) is 30.5 Å². The maximum Gasteiger partial charge on any atom is 0.126 e. The molecule has 0 amide bonds. The highest BCUT2D eigenvalue weighted by atomic mass is 19.1. The van der Waals surface area contributed by atoms with E-state index in [1.165, 1.54) is 0 Å². The summed E-state index contributed by atoms with van der Waals surface area (Å²) in [6, 6.07) is 5.76. The Balaban J connectivity index is 2.31. The van der Waals surface area contributed by atoms with Crippen LogP contribution in [-0.4, -0.2) is 24.0 Å². The number of likely N-dealkylation sites (tertiary alicyclic amines) is 1. The molecular weight excluding hydrogens is 203 g/mol. The third kappa shape index (κ3) is 1.97. The van der Waals surface area contributed by atoms with Crippen molar-refractivity contribution in [2.45, 2.75) is 32.4 Å². The van der Waals surface area contributed by atoms with Gasteiger partial charge < -0.3 is 5.73 Å². The van der Waals surface area contributed by atoms with Crippen LogP contribution in [0.15, 0.2) is 18.2 Å². The first kappa shape index (κ1) is 11.6. The number of benzene rings is 1. The van der Waals surface area contributed by atoms with Crippen molar-refractivity contribution >= 4 is 0 Å². The molecule has 2 nitrogen and oxygen atoms in total. The van der Waals surface area contributed by atoms with Crippen molar-refractivity contribution in [3.63, 3.8) is 0 Å². The predicted molar refractivity (Wildman–Crippen MR) is 63.7 cm³/mol. The van der Waals surface area contributed by atoms with Crippen LogP contribution in [0.2, 0.25) is 0 Å². The average Bonchev–Trinajstić information content (AvgIpc) is 2.64. The van der Waals surface area contributed by atoms with E-state index in [9.17, 15) is 4.39 Å². The van der Waals surface area contributed by atoms with E-state index < -0.39 is 0 Å². The van der Waals surface area contributed by atoms with Crippen LogP contribution in [-0.2, 0) is 0 Å². The highest BCUT2D eigenvalue weighted by molar-refractivity contribution is 5.28. The number of hydrogen-bond donors (Lipinski definition) is 1. The Kier molecular flexibility index (Phi) is 3.26. The van der Waals surface area contributed by atoms with E-state index in [0.29, 0.717) is 5.56 Å². The SMILES string of the molecule is CCN1CCC(N)C1c1ccc(F)c(C)c1. The van der Waals surface area contributed by atoms with Crippen LogP contribution < -0.4 is 5.73 Å². The molecule has 1 aliphatic rings. The number of nitrogens with two attached hydrogens (primary N) is 1. The second kappa shape index (κ2) is 4.52. The van der Waals surface area contributed by atoms with E-state index >= 15 is 0 Å². The van der Waals surface area contributed by atoms with E-state index in [0.717, 1.165) is 25.1 Å². The molecule has 0 radical (unpaired) electrons. The lowest BCUT2D eigenvalue weighted by Crippen LogP contribution is -2.31. The van der Waals surface area contributed by atoms with Crippen molar-refractivity contribution in [1.29, 1.82) is 0 Å². The Morgan fingerprint density at radius 1 is 1.50 bits per heavy atom. The van der Waals surface area contributed by atoms with Gasteiger partial charge in [-0.3, -0.25) is 4.90 Å². The van der Waals surface area contributed by atoms with Crippen molar-refractivity contribution in [3.8, 4) is 0 Å². The van der Waals surface area contributed by atoms with Gasteiger partial charge in [0, 0.05) is 18.6 Å². The Morgan fingerprint density at radius 2 is 2.25 bits per heavy atom. The summed E-state index contributed by atoms with van der Waals surface area (Å²) in [5.74, 6) is -0.140. The van der Waals surface area contributed by atoms with Crippen molar-refractivity contribution < 1.29 is 4.39 Å². The lowest BCUT2D eigenvalue weighted by Gasteiger charge is -2.26. The van der Waals surface area contributed by atoms with Gasteiger partial charge in [0.15, 0.2) is 0 Å². The van der Waals surface area contributed by atoms with Crippen LogP contribution in [0.5, 0.6) is 0 Å². The monoisotopic (exact) mass is 222 g/mol. The van der Waals surface area contributed by atoms with Gasteiger partial charge in [-0.2, -0.15) is 0 Å². The first-order chi connectivity index (χ1) is 7.63. The summed E-state index contributed by atoms with van der Waals surface area (Å²) < 4.78 is 13.2. The summed E-state index contributed by atoms with van der Waals surface area (Å²) in [4.78, 5) is 2.36. The van der Waals surface area contributed by atoms with Gasteiger partial charge in [0.1, 0.15) is 5.82 Å². The molecule has 1 heterocycles. The molecule has 0 saturated carbocycles. The fourth-order valence-corrected chi connectivity index (χ4v) is 2.55. The molecule has 16 heavy (non-hydrogen) atoms. The third-order valence-electron chi connectivity index (χ3n) is 3.48. The summed E-state index contributed by atoms with van der Waals surface area (Å²) in [5.41, 5.74) is 7.98. The smallest absolute Gasteiger partial charge is 0.126 e. The van der Waals surface area contributed by atoms with Gasteiger partial charge in [-0.15, -0.1) is 0 Å². The summed E-state index contributed by atoms with van der Waals surface area (Å²) in [7, 11) is 0. The minimum Gasteiger partial charge on any atom is -0.326 e. The van der Waals surface area contributed by atoms with Gasteiger partial charge >= 0.3 is 0 Å². The fraction of sp³-hybridized carbons (Fsp3) is 0.538. The number of hydrogen-bond acceptors (Lipinski definition) is 2. The third-order valence-corrected chi connectivity index (χ3v) is 3.48. The number of nitrogens with zero attached hydrogens (tertiary/aromatic N) is 1. The maximum absolute atomic E-state index is 13.2. The van der Waals surface area contributed by atoms with Crippen LogP contribution in [0, 0.1) is 12.7 Å². The molecule has 2 rings (SSSR count). The lowest BCUT2D eigenvalue weighted by atomic mass is 9.99. The highest BCUT2D eigenvalue weighted by Gasteiger charge is 2.31. The molecule has 2 unspecified atom stereocenters. The molecule has 1 aromatic rings. The van der Waals surface area contributed by atoms with Crippen molar-refractivity contribution in [1.82, 2.24) is 4.90 Å². The molecule has 2 atom stereocenters. The van der Waals surface area contributed by atoms with Crippen molar-refractivity contribution in [2.24, 2.45) is 5.73 Å². The second-order valence-electron chi connectivity index (χ2n) is 4.53. The molecule has 1 aliphatic heterocycles. The van der Waals surface area contributed by atoms with Crippen LogP contribution in [0.3, 0.4) is 0 Å². The van der Waals surface area contributed by atoms with E-state index in [1.54, 1.807) is 13.0 Å². The zero-order chi connectivity index (χ0) is 11.7. The number of halogens is 1. The summed E-state index contributed by atoms with van der Waals surface area (Å²) >= 11 is 0. The standard InChI is InChI=1S/C13H19FN2/c1-3-16-7-6-12(15)13(16)10-4-5-11(14)9(2)8-10/h4-5,8,12-13H,3,6-7,15H2,1-2H3. The number of likely N-dealkylation sites (N-methyl/N-ethyl adjacent to an activating group) is 1. The van der Waals surface area contributed by atoms with Gasteiger partial charge in [-0.25, -0.2) is 4.39 Å². The first-order valence-corrected chi connectivity index (χ1v) is 5.89. The van der Waals surface area contributed by atoms with Gasteiger partial charge in [0.2, 0.25) is 0 Å². The molecule has 2 N–H and O–H groups in total. The Bertz CT molecular complexity index is 378. The molecule has 88 valence electrons. The summed E-state index contributed by atoms with van der Waals surface area (Å²) in [6.07, 6.45) is 1.02. The first-order valence-electron chi connectivity index (χ1n) is 5.89. The highest BCUT2D eigenvalue weighted by Crippen LogP contribution is 2.31. The van der Waals surface area contributed by atoms with E-state index in [1.807, 2.05) is 12.1 Å². The largest absolute Gasteiger partial charge is 0.326 e. The van der Waals surface area contributed by atoms with E-state index in [-0.39, 0.29) is 17.9 Å². The van der Waals surface area contributed by atoms with E-state index in [4.69, 9.17) is 5.73 Å². The molecule has 0 aliphatic carbocycles. The quantitative estimate of drug-likeness (QED) is 0.831. The second-order valence-corrected chi connectivity index (χ2v) is 4.53. The molecule has 1 saturated heterocycles. The molecule has 1 aromatic carbocycles. The molecule has 1 fully saturated rings. The number of aryl methyl sites for hydroxylation is 1. The minimum atomic E-state index is -0.140. The normalized spacial score (nSPS) is 26.2. The Labute approximate surface area is 96.2 Å². The topological polar surface area (TPSA) is 29.3 Å². The van der Waals surface area contributed by atoms with Crippen molar-refractivity contribution in [2.75, 3.05) is 13.1 Å². The zero-order valence-electron chi connectivity index (χ0n) is 9.91. The summed E-state index contributed by atoms with van der Waals surface area (Å²) in [6.45, 7) is 5.98. The predicted octanol–water partition coefficient (Wildman–Crippen LogP) is 2.23. The fourth-order valence-electron chi connectivity index (χ4n) is 2.55. The van der Waals surface area contributed by atoms with Gasteiger partial charge in [0.05, 0.1) is 0 Å². The number of rotatable bonds is 2. The molecular formula is C13H19FN2. The van der Waals surface area contributed by atoms with Gasteiger partial charge in [0.25, 0.3) is 0 Å². The lowest BCUT2D eigenvalue weighted by molar-refractivity contribution is 0.261. The Morgan fingerprint density at radius 3 is 2.88 bits per heavy atom. The molecule has 3 heteroatoms. The Hall–Kier alpha value is -0.930. The van der Waals surface area contributed by atoms with Crippen LogP contribution in [0.25, 0.3) is 0 Å². The average molecular weight is 222 g/mol. The van der Waals surface area contributed by atoms with Gasteiger partial charge in [-0.05, 0) is 37.1 Å². The zero-order valence-corrected chi connectivity index (χ0v) is 9.91. The molecule has 0 aromatic heterocycles. The summed E-state index contributed by atoms with van der Waals surface area (Å²) in [5, 5.41) is 0. The minimum absolute atomic E-state index is 0.140. The molecule has 0 spiro atoms. The van der Waals surface area contributed by atoms with Gasteiger partial charge in [-0.1, -0.05) is 19.1 Å². The molecule has 0 bridgehead atoms. The maximum atomic E-state index is 13.2. The van der Waals surface area contributed by atoms with E-state index in [2.05, 4.69) is 11.8 Å².